The molecule has 0 amide bonds. The van der Waals surface area contributed by atoms with Crippen LogP contribution in [0.4, 0.5) is 0 Å². The standard InChI is InChI=1S/C7H16NS/c1-6(2)8(5-9)7(3)4/h6-7H,5H2,1-4H3. The second-order valence-corrected chi connectivity index (χ2v) is 3.09. The molecule has 1 radical (unpaired) electrons. The molecule has 0 fully saturated rings. The first-order valence-electron chi connectivity index (χ1n) is 3.43. The van der Waals surface area contributed by atoms with Crippen molar-refractivity contribution in [2.24, 2.45) is 0 Å². The first kappa shape index (κ1) is 9.31. The zero-order valence-electron chi connectivity index (χ0n) is 6.72. The van der Waals surface area contributed by atoms with Crippen molar-refractivity contribution in [1.29, 1.82) is 0 Å². The molecule has 0 heterocycles. The van der Waals surface area contributed by atoms with Crippen LogP contribution in [0.3, 0.4) is 0 Å². The summed E-state index contributed by atoms with van der Waals surface area (Å²) >= 11 is 4.95. The van der Waals surface area contributed by atoms with Crippen LogP contribution in [0.15, 0.2) is 0 Å². The van der Waals surface area contributed by atoms with Gasteiger partial charge >= 0.3 is 0 Å². The third-order valence-corrected chi connectivity index (χ3v) is 1.77. The highest BCUT2D eigenvalue weighted by molar-refractivity contribution is 7.80. The number of nitrogens with zero attached hydrogens (tertiary/aromatic N) is 1. The Labute approximate surface area is 63.8 Å². The molecule has 0 aromatic rings. The van der Waals surface area contributed by atoms with Gasteiger partial charge in [0.25, 0.3) is 0 Å². The Bertz CT molecular complexity index is 63.3. The van der Waals surface area contributed by atoms with Gasteiger partial charge in [0.1, 0.15) is 0 Å². The molecule has 0 aliphatic carbocycles. The molecule has 0 saturated carbocycles. The van der Waals surface area contributed by atoms with Gasteiger partial charge in [-0.2, -0.15) is 0 Å². The van der Waals surface area contributed by atoms with Gasteiger partial charge in [-0.3, -0.25) is 4.90 Å². The van der Waals surface area contributed by atoms with E-state index in [1.807, 2.05) is 0 Å². The molecule has 0 rings (SSSR count). The summed E-state index contributed by atoms with van der Waals surface area (Å²) in [6, 6.07) is 1.17. The topological polar surface area (TPSA) is 3.24 Å². The monoisotopic (exact) mass is 146 g/mol. The third kappa shape index (κ3) is 3.11. The summed E-state index contributed by atoms with van der Waals surface area (Å²) in [4.78, 5) is 2.27. The molecule has 9 heavy (non-hydrogen) atoms. The number of hydrogen-bond acceptors (Lipinski definition) is 1. The third-order valence-electron chi connectivity index (χ3n) is 1.48. The highest BCUT2D eigenvalue weighted by Crippen LogP contribution is 2.04. The molecule has 0 saturated heterocycles. The van der Waals surface area contributed by atoms with Crippen molar-refractivity contribution < 1.29 is 0 Å². The average molecular weight is 146 g/mol. The summed E-state index contributed by atoms with van der Waals surface area (Å²) in [6.07, 6.45) is 0. The van der Waals surface area contributed by atoms with E-state index in [1.54, 1.807) is 0 Å². The van der Waals surface area contributed by atoms with Gasteiger partial charge in [-0.05, 0) is 27.7 Å². The molecular weight excluding hydrogens is 130 g/mol. The van der Waals surface area contributed by atoms with E-state index in [0.717, 1.165) is 5.88 Å². The molecular formula is C7H16NS. The van der Waals surface area contributed by atoms with Crippen molar-refractivity contribution >= 4 is 12.6 Å². The van der Waals surface area contributed by atoms with Gasteiger partial charge in [0.2, 0.25) is 0 Å². The fourth-order valence-electron chi connectivity index (χ4n) is 0.894. The van der Waals surface area contributed by atoms with E-state index < -0.39 is 0 Å². The van der Waals surface area contributed by atoms with E-state index in [4.69, 9.17) is 12.6 Å². The van der Waals surface area contributed by atoms with Gasteiger partial charge in [0.05, 0.1) is 5.88 Å². The fourth-order valence-corrected chi connectivity index (χ4v) is 1.49. The van der Waals surface area contributed by atoms with Crippen molar-refractivity contribution in [3.05, 3.63) is 0 Å². The minimum Gasteiger partial charge on any atom is -0.288 e. The highest BCUT2D eigenvalue weighted by Gasteiger charge is 2.09. The number of rotatable bonds is 3. The van der Waals surface area contributed by atoms with Crippen LogP contribution in [0.5, 0.6) is 0 Å². The second-order valence-electron chi connectivity index (χ2n) is 2.83. The van der Waals surface area contributed by atoms with Gasteiger partial charge in [0.15, 0.2) is 0 Å². The van der Waals surface area contributed by atoms with Crippen LogP contribution in [0.2, 0.25) is 0 Å². The first-order chi connectivity index (χ1) is 4.09. The summed E-state index contributed by atoms with van der Waals surface area (Å²) in [5.41, 5.74) is 0. The van der Waals surface area contributed by atoms with Gasteiger partial charge in [-0.15, -0.1) is 0 Å². The molecule has 0 aliphatic rings. The maximum atomic E-state index is 4.95. The van der Waals surface area contributed by atoms with Crippen LogP contribution in [0, 0.1) is 0 Å². The summed E-state index contributed by atoms with van der Waals surface area (Å²) in [6.45, 7) is 8.69. The zero-order chi connectivity index (χ0) is 7.44. The van der Waals surface area contributed by atoms with Gasteiger partial charge in [-0.25, -0.2) is 0 Å². The van der Waals surface area contributed by atoms with Crippen LogP contribution < -0.4 is 0 Å². The Morgan fingerprint density at radius 1 is 1.11 bits per heavy atom. The second kappa shape index (κ2) is 4.18. The Morgan fingerprint density at radius 2 is 1.44 bits per heavy atom. The summed E-state index contributed by atoms with van der Waals surface area (Å²) < 4.78 is 0. The first-order valence-corrected chi connectivity index (χ1v) is 4.01. The molecule has 0 spiro atoms. The van der Waals surface area contributed by atoms with Crippen molar-refractivity contribution in [1.82, 2.24) is 4.90 Å². The van der Waals surface area contributed by atoms with Gasteiger partial charge in [-0.1, -0.05) is 12.6 Å². The molecule has 1 nitrogen and oxygen atoms in total. The Hall–Kier alpha value is 0.310. The predicted octanol–water partition coefficient (Wildman–Crippen LogP) is 2.26. The Kier molecular flexibility index (Phi) is 4.32. The van der Waals surface area contributed by atoms with Crippen LogP contribution >= 0.6 is 12.6 Å². The fraction of sp³-hybridized carbons (Fsp3) is 1.00. The van der Waals surface area contributed by atoms with Gasteiger partial charge in [0, 0.05) is 12.1 Å². The molecule has 0 aromatic heterocycles. The maximum Gasteiger partial charge on any atom is 0.0554 e. The summed E-state index contributed by atoms with van der Waals surface area (Å²) in [5, 5.41) is 0. The molecule has 55 valence electrons. The smallest absolute Gasteiger partial charge is 0.0554 e. The largest absolute Gasteiger partial charge is 0.288 e. The zero-order valence-corrected chi connectivity index (χ0v) is 7.53. The minimum atomic E-state index is 0.586. The molecule has 0 bridgehead atoms. The molecule has 0 aliphatic heterocycles. The summed E-state index contributed by atoms with van der Waals surface area (Å²) in [7, 11) is 0. The van der Waals surface area contributed by atoms with Crippen molar-refractivity contribution in [2.75, 3.05) is 5.88 Å². The van der Waals surface area contributed by atoms with Crippen molar-refractivity contribution in [2.45, 2.75) is 39.8 Å². The van der Waals surface area contributed by atoms with E-state index in [-0.39, 0.29) is 0 Å². The van der Waals surface area contributed by atoms with Crippen LogP contribution in [0.25, 0.3) is 0 Å². The average Bonchev–Trinajstić information content (AvgIpc) is 1.64. The predicted molar refractivity (Wildman–Crippen MR) is 44.6 cm³/mol. The van der Waals surface area contributed by atoms with Crippen LogP contribution in [-0.2, 0) is 0 Å². The molecule has 0 aromatic carbocycles. The van der Waals surface area contributed by atoms with Gasteiger partial charge < -0.3 is 0 Å². The Balaban J connectivity index is 3.68. The molecule has 0 unspecified atom stereocenters. The van der Waals surface area contributed by atoms with Crippen LogP contribution in [-0.4, -0.2) is 22.9 Å². The molecule has 0 N–H and O–H groups in total. The molecule has 2 heteroatoms. The lowest BCUT2D eigenvalue weighted by atomic mass is 10.2. The lowest BCUT2D eigenvalue weighted by Gasteiger charge is -2.27. The van der Waals surface area contributed by atoms with E-state index >= 15 is 0 Å². The Morgan fingerprint density at radius 3 is 1.44 bits per heavy atom. The maximum absolute atomic E-state index is 4.95. The van der Waals surface area contributed by atoms with E-state index in [2.05, 4.69) is 32.6 Å². The van der Waals surface area contributed by atoms with E-state index in [0.29, 0.717) is 12.1 Å². The minimum absolute atomic E-state index is 0.586. The number of hydrogen-bond donors (Lipinski definition) is 0. The van der Waals surface area contributed by atoms with Crippen molar-refractivity contribution in [3.63, 3.8) is 0 Å². The van der Waals surface area contributed by atoms with Crippen molar-refractivity contribution in [3.8, 4) is 0 Å². The SMILES string of the molecule is CC(C)N(C[S])C(C)C. The highest BCUT2D eigenvalue weighted by atomic mass is 32.1. The lowest BCUT2D eigenvalue weighted by Crippen LogP contribution is -2.35. The quantitative estimate of drug-likeness (QED) is 0.590. The van der Waals surface area contributed by atoms with E-state index in [9.17, 15) is 0 Å². The summed E-state index contributed by atoms with van der Waals surface area (Å²) in [5.74, 6) is 0.745. The lowest BCUT2D eigenvalue weighted by molar-refractivity contribution is 0.211. The van der Waals surface area contributed by atoms with E-state index in [1.165, 1.54) is 0 Å². The van der Waals surface area contributed by atoms with Crippen LogP contribution in [0.1, 0.15) is 27.7 Å². The normalized spacial score (nSPS) is 12.0. The molecule has 0 atom stereocenters.